The Hall–Kier alpha value is -4.91. The smallest absolute Gasteiger partial charge is 0.261 e. The van der Waals surface area contributed by atoms with Crippen molar-refractivity contribution >= 4 is 17.7 Å². The van der Waals surface area contributed by atoms with Gasteiger partial charge in [-0.05, 0) is 117 Å². The van der Waals surface area contributed by atoms with Crippen molar-refractivity contribution in [2.45, 2.75) is 94.7 Å². The van der Waals surface area contributed by atoms with Crippen molar-refractivity contribution in [3.63, 3.8) is 0 Å². The zero-order valence-electron chi connectivity index (χ0n) is 34.4. The van der Waals surface area contributed by atoms with Gasteiger partial charge in [0.15, 0.2) is 0 Å². The van der Waals surface area contributed by atoms with Crippen molar-refractivity contribution in [3.05, 3.63) is 131 Å². The lowest BCUT2D eigenvalue weighted by atomic mass is 9.61. The Morgan fingerprint density at radius 3 is 2.28 bits per heavy atom. The first-order chi connectivity index (χ1) is 29.1. The number of carbonyl (C=O) groups excluding carboxylic acids is 3. The number of halogens is 2. The van der Waals surface area contributed by atoms with Gasteiger partial charge in [-0.25, -0.2) is 8.78 Å². The number of amides is 3. The van der Waals surface area contributed by atoms with Crippen LogP contribution in [0.25, 0.3) is 0 Å². The van der Waals surface area contributed by atoms with Gasteiger partial charge in [0, 0.05) is 76.7 Å². The van der Waals surface area contributed by atoms with Crippen LogP contribution in [0.3, 0.4) is 0 Å². The van der Waals surface area contributed by atoms with Crippen molar-refractivity contribution in [1.82, 2.24) is 29.6 Å². The highest BCUT2D eigenvalue weighted by molar-refractivity contribution is 6.21. The van der Waals surface area contributed by atoms with Gasteiger partial charge in [0.2, 0.25) is 11.8 Å². The Balaban J connectivity index is 1.02. The van der Waals surface area contributed by atoms with E-state index >= 15 is 0 Å². The maximum Gasteiger partial charge on any atom is 0.261 e. The lowest BCUT2D eigenvalue weighted by molar-refractivity contribution is -0.138. The number of fused-ring (bicyclic) bond motifs is 2. The number of aryl methyl sites for hydroxylation is 1. The van der Waals surface area contributed by atoms with E-state index < -0.39 is 17.2 Å². The van der Waals surface area contributed by atoms with Crippen LogP contribution in [-0.4, -0.2) is 105 Å². The first kappa shape index (κ1) is 41.8. The minimum absolute atomic E-state index is 0.0795. The van der Waals surface area contributed by atoms with Gasteiger partial charge in [-0.1, -0.05) is 48.5 Å². The highest BCUT2D eigenvalue weighted by atomic mass is 19.3. The second-order valence-electron chi connectivity index (χ2n) is 17.4. The van der Waals surface area contributed by atoms with Crippen LogP contribution in [0.5, 0.6) is 0 Å². The molecule has 3 atom stereocenters. The number of aromatic nitrogens is 2. The number of hydrogen-bond donors (Lipinski definition) is 1. The van der Waals surface area contributed by atoms with E-state index in [1.807, 2.05) is 55.0 Å². The van der Waals surface area contributed by atoms with Gasteiger partial charge in [0.25, 0.3) is 11.8 Å². The fraction of sp³-hybridized carbons (Fsp3) is 0.479. The summed E-state index contributed by atoms with van der Waals surface area (Å²) in [5.74, 6) is -3.97. The average molecular weight is 818 g/mol. The van der Waals surface area contributed by atoms with Crippen LogP contribution >= 0.6 is 0 Å². The summed E-state index contributed by atoms with van der Waals surface area (Å²) in [5, 5.41) is 0. The summed E-state index contributed by atoms with van der Waals surface area (Å²) in [5.41, 5.74) is 10.7. The molecule has 2 fully saturated rings. The van der Waals surface area contributed by atoms with Crippen molar-refractivity contribution in [3.8, 4) is 0 Å². The van der Waals surface area contributed by atoms with E-state index in [2.05, 4.69) is 37.9 Å². The molecule has 2 N–H and O–H groups in total. The van der Waals surface area contributed by atoms with Gasteiger partial charge >= 0.3 is 0 Å². The summed E-state index contributed by atoms with van der Waals surface area (Å²) in [6.45, 7) is 5.89. The number of unbranched alkanes of at least 4 members (excludes halogenated alkanes) is 1. The van der Waals surface area contributed by atoms with Crippen LogP contribution in [-0.2, 0) is 17.8 Å². The van der Waals surface area contributed by atoms with Crippen LogP contribution in [0.1, 0.15) is 113 Å². The second-order valence-corrected chi connectivity index (χ2v) is 17.4. The van der Waals surface area contributed by atoms with Crippen LogP contribution in [0.15, 0.2) is 97.5 Å². The molecule has 3 amide bonds. The molecule has 2 aliphatic carbocycles. The molecule has 2 aromatic heterocycles. The SMILES string of the molecule is NC(=O)C1([C@@H](CCN2CCN(Cc3ccncc3)[C@@H](CN(CCCCN3C(=O)c4ccccc4C3=O)[C@H]3CCCc4cccnc43)C2)c2ccccc2)CCC(F)(F)CC1. The first-order valence-electron chi connectivity index (χ1n) is 21.8. The zero-order valence-corrected chi connectivity index (χ0v) is 34.4. The van der Waals surface area contributed by atoms with E-state index in [1.54, 1.807) is 24.3 Å². The Bertz CT molecular complexity index is 2080. The number of benzene rings is 2. The van der Waals surface area contributed by atoms with Crippen molar-refractivity contribution < 1.29 is 23.2 Å². The van der Waals surface area contributed by atoms with Crippen molar-refractivity contribution in [1.29, 1.82) is 0 Å². The largest absolute Gasteiger partial charge is 0.369 e. The normalized spacial score (nSPS) is 22.1. The summed E-state index contributed by atoms with van der Waals surface area (Å²) in [7, 11) is 0. The molecule has 4 heterocycles. The molecule has 2 aromatic carbocycles. The predicted octanol–water partition coefficient (Wildman–Crippen LogP) is 7.27. The van der Waals surface area contributed by atoms with Gasteiger partial charge in [-0.15, -0.1) is 0 Å². The average Bonchev–Trinajstić information content (AvgIpc) is 3.51. The lowest BCUT2D eigenvalue weighted by Gasteiger charge is -2.47. The molecule has 10 nitrogen and oxygen atoms in total. The fourth-order valence-electron chi connectivity index (χ4n) is 10.5. The molecule has 1 saturated carbocycles. The number of piperazine rings is 1. The van der Waals surface area contributed by atoms with Gasteiger partial charge in [0.05, 0.1) is 28.3 Å². The summed E-state index contributed by atoms with van der Waals surface area (Å²) < 4.78 is 29.1. The third-order valence-electron chi connectivity index (χ3n) is 13.8. The number of primary amides is 1. The van der Waals surface area contributed by atoms with E-state index in [9.17, 15) is 23.2 Å². The molecule has 60 heavy (non-hydrogen) atoms. The minimum Gasteiger partial charge on any atom is -0.369 e. The fourth-order valence-corrected chi connectivity index (χ4v) is 10.5. The van der Waals surface area contributed by atoms with Crippen LogP contribution < -0.4 is 5.73 Å². The third kappa shape index (κ3) is 9.06. The van der Waals surface area contributed by atoms with Gasteiger partial charge in [-0.3, -0.25) is 39.1 Å². The van der Waals surface area contributed by atoms with E-state index in [-0.39, 0.29) is 55.5 Å². The monoisotopic (exact) mass is 817 g/mol. The maximum absolute atomic E-state index is 14.6. The van der Waals surface area contributed by atoms with E-state index in [1.165, 1.54) is 16.0 Å². The van der Waals surface area contributed by atoms with Crippen LogP contribution in [0.2, 0.25) is 0 Å². The molecule has 0 bridgehead atoms. The molecule has 1 saturated heterocycles. The number of nitrogens with two attached hydrogens (primary N) is 1. The van der Waals surface area contributed by atoms with Crippen LogP contribution in [0.4, 0.5) is 8.78 Å². The predicted molar refractivity (Wildman–Crippen MR) is 226 cm³/mol. The standard InChI is InChI=1S/C48H57F2N7O3/c49-48(50)22-20-47(21-23-48,46(51)60)41(36-10-2-1-3-11-36)19-29-54-30-31-55(32-35-17-25-52-26-18-35)38(33-54)34-56(42-16-8-12-37-13-9-24-53-43(37)42)27-6-7-28-57-44(58)39-14-4-5-15-40(39)45(57)59/h1-5,9-11,13-15,17-18,24-26,38,41-42H,6-8,12,16,19-23,27-34H2,(H2,51,60)/t38-,41+,42+/m1/s1. The topological polar surface area (TPSA) is 116 Å². The third-order valence-corrected chi connectivity index (χ3v) is 13.8. The summed E-state index contributed by atoms with van der Waals surface area (Å²) in [4.78, 5) is 57.9. The van der Waals surface area contributed by atoms with Crippen molar-refractivity contribution in [2.75, 3.05) is 45.8 Å². The van der Waals surface area contributed by atoms with Gasteiger partial charge < -0.3 is 10.6 Å². The number of nitrogens with zero attached hydrogens (tertiary/aromatic N) is 6. The van der Waals surface area contributed by atoms with Gasteiger partial charge in [0.1, 0.15) is 0 Å². The molecule has 4 aromatic rings. The highest BCUT2D eigenvalue weighted by Crippen LogP contribution is 2.52. The minimum atomic E-state index is -2.78. The zero-order chi connectivity index (χ0) is 41.7. The Kier molecular flexibility index (Phi) is 12.8. The molecule has 0 unspecified atom stereocenters. The first-order valence-corrected chi connectivity index (χ1v) is 21.8. The number of rotatable bonds is 16. The number of pyridine rings is 2. The molecule has 0 radical (unpaired) electrons. The molecular weight excluding hydrogens is 761 g/mol. The number of imide groups is 1. The molecule has 0 spiro atoms. The van der Waals surface area contributed by atoms with E-state index in [0.717, 1.165) is 76.2 Å². The maximum atomic E-state index is 14.6. The second kappa shape index (κ2) is 18.4. The summed E-state index contributed by atoms with van der Waals surface area (Å²) >= 11 is 0. The molecular formula is C48H57F2N7O3. The molecule has 12 heteroatoms. The molecule has 8 rings (SSSR count). The molecule has 2 aliphatic heterocycles. The molecule has 316 valence electrons. The van der Waals surface area contributed by atoms with E-state index in [0.29, 0.717) is 37.1 Å². The van der Waals surface area contributed by atoms with Gasteiger partial charge in [-0.2, -0.15) is 0 Å². The summed E-state index contributed by atoms with van der Waals surface area (Å²) in [6.07, 6.45) is 10.3. The Morgan fingerprint density at radius 2 is 1.57 bits per heavy atom. The number of alkyl halides is 2. The van der Waals surface area contributed by atoms with E-state index in [4.69, 9.17) is 10.7 Å². The van der Waals surface area contributed by atoms with Crippen molar-refractivity contribution in [2.24, 2.45) is 11.1 Å². The quantitative estimate of drug-likeness (QED) is 0.0928. The Labute approximate surface area is 352 Å². The Morgan fingerprint density at radius 1 is 0.850 bits per heavy atom. The number of hydrogen-bond acceptors (Lipinski definition) is 8. The number of carbonyl (C=O) groups is 3. The lowest BCUT2D eigenvalue weighted by Crippen LogP contribution is -2.57. The highest BCUT2D eigenvalue weighted by Gasteiger charge is 2.51. The summed E-state index contributed by atoms with van der Waals surface area (Å²) in [6, 6.07) is 25.6. The van der Waals surface area contributed by atoms with Crippen LogP contribution in [0, 0.1) is 5.41 Å². The molecule has 4 aliphatic rings.